The van der Waals surface area contributed by atoms with Crippen LogP contribution in [0.3, 0.4) is 0 Å². The number of hydrogen-bond acceptors (Lipinski definition) is 5. The molecule has 1 aliphatic heterocycles. The zero-order chi connectivity index (χ0) is 18.3. The zero-order valence-corrected chi connectivity index (χ0v) is 15.4. The van der Waals surface area contributed by atoms with E-state index < -0.39 is 11.9 Å². The third-order valence-electron chi connectivity index (χ3n) is 4.06. The molecule has 0 bridgehead atoms. The van der Waals surface area contributed by atoms with E-state index in [2.05, 4.69) is 5.32 Å². The van der Waals surface area contributed by atoms with Gasteiger partial charge in [0.1, 0.15) is 6.04 Å². The Morgan fingerprint density at radius 1 is 1.29 bits per heavy atom. The van der Waals surface area contributed by atoms with Gasteiger partial charge in [0.15, 0.2) is 0 Å². The van der Waals surface area contributed by atoms with E-state index in [-0.39, 0.29) is 35.3 Å². The molecule has 0 aromatic carbocycles. The van der Waals surface area contributed by atoms with Crippen LogP contribution in [0.15, 0.2) is 0 Å². The van der Waals surface area contributed by atoms with Crippen molar-refractivity contribution < 1.29 is 19.2 Å². The van der Waals surface area contributed by atoms with Crippen molar-refractivity contribution in [2.75, 3.05) is 12.8 Å². The first kappa shape index (κ1) is 20.5. The molecule has 136 valence electrons. The van der Waals surface area contributed by atoms with Gasteiger partial charge in [-0.3, -0.25) is 24.1 Å². The fourth-order valence-electron chi connectivity index (χ4n) is 2.62. The zero-order valence-electron chi connectivity index (χ0n) is 14.5. The maximum Gasteiger partial charge on any atom is 0.242 e. The number of carbonyl (C=O) groups is 4. The summed E-state index contributed by atoms with van der Waals surface area (Å²) < 4.78 is 0. The number of nitrogens with one attached hydrogen (secondary N) is 1. The van der Waals surface area contributed by atoms with Gasteiger partial charge in [-0.25, -0.2) is 0 Å². The van der Waals surface area contributed by atoms with Crippen LogP contribution in [0, 0.1) is 5.92 Å². The lowest BCUT2D eigenvalue weighted by Crippen LogP contribution is -2.47. The number of imide groups is 1. The van der Waals surface area contributed by atoms with Gasteiger partial charge >= 0.3 is 0 Å². The summed E-state index contributed by atoms with van der Waals surface area (Å²) in [5.74, 6) is -1.01. The van der Waals surface area contributed by atoms with Crippen LogP contribution >= 0.6 is 11.8 Å². The molecule has 3 N–H and O–H groups in total. The van der Waals surface area contributed by atoms with Crippen molar-refractivity contribution in [3.05, 3.63) is 0 Å². The van der Waals surface area contributed by atoms with Crippen molar-refractivity contribution in [2.45, 2.75) is 57.2 Å². The fraction of sp³-hybridized carbons (Fsp3) is 0.750. The number of rotatable bonds is 10. The summed E-state index contributed by atoms with van der Waals surface area (Å²) in [6.45, 7) is 4.05. The predicted molar refractivity (Wildman–Crippen MR) is 93.1 cm³/mol. The Kier molecular flexibility index (Phi) is 8.24. The van der Waals surface area contributed by atoms with Crippen molar-refractivity contribution >= 4 is 35.4 Å². The van der Waals surface area contributed by atoms with E-state index in [0.717, 1.165) is 6.42 Å². The Bertz CT molecular complexity index is 496. The summed E-state index contributed by atoms with van der Waals surface area (Å²) in [6.07, 6.45) is 4.45. The van der Waals surface area contributed by atoms with Gasteiger partial charge in [0.2, 0.25) is 23.6 Å². The Hall–Kier alpha value is -1.57. The first-order valence-corrected chi connectivity index (χ1v) is 9.52. The van der Waals surface area contributed by atoms with E-state index in [9.17, 15) is 19.2 Å². The van der Waals surface area contributed by atoms with Crippen LogP contribution in [0.5, 0.6) is 0 Å². The first-order chi connectivity index (χ1) is 11.3. The maximum absolute atomic E-state index is 11.9. The van der Waals surface area contributed by atoms with Crippen LogP contribution in [0.2, 0.25) is 0 Å². The molecular weight excluding hydrogens is 330 g/mol. The van der Waals surface area contributed by atoms with Crippen molar-refractivity contribution in [2.24, 2.45) is 11.7 Å². The molecule has 0 radical (unpaired) electrons. The van der Waals surface area contributed by atoms with Crippen LogP contribution in [0.4, 0.5) is 0 Å². The molecule has 0 aliphatic carbocycles. The minimum absolute atomic E-state index is 0.0528. The molecule has 2 atom stereocenters. The third-order valence-corrected chi connectivity index (χ3v) is 5.00. The number of nitrogens with two attached hydrogens (primary N) is 1. The number of primary amides is 1. The molecule has 1 saturated heterocycles. The van der Waals surface area contributed by atoms with Gasteiger partial charge in [-0.05, 0) is 25.0 Å². The Labute approximate surface area is 147 Å². The number of nitrogens with zero attached hydrogens (tertiary/aromatic N) is 1. The lowest BCUT2D eigenvalue weighted by atomic mass is 10.0. The third kappa shape index (κ3) is 5.81. The molecule has 1 heterocycles. The molecule has 1 aliphatic rings. The number of carbonyl (C=O) groups excluding carboxylic acids is 4. The van der Waals surface area contributed by atoms with Crippen LogP contribution in [-0.4, -0.2) is 52.6 Å². The summed E-state index contributed by atoms with van der Waals surface area (Å²) in [4.78, 5) is 48.1. The molecule has 0 spiro atoms. The molecule has 24 heavy (non-hydrogen) atoms. The molecule has 0 aromatic heterocycles. The first-order valence-electron chi connectivity index (χ1n) is 8.23. The van der Waals surface area contributed by atoms with Gasteiger partial charge in [-0.15, -0.1) is 0 Å². The summed E-state index contributed by atoms with van der Waals surface area (Å²) in [5, 5.41) is 2.40. The largest absolute Gasteiger partial charge is 0.368 e. The van der Waals surface area contributed by atoms with E-state index >= 15 is 0 Å². The molecule has 4 amide bonds. The minimum atomic E-state index is -0.652. The van der Waals surface area contributed by atoms with Crippen molar-refractivity contribution in [1.82, 2.24) is 10.2 Å². The Balaban J connectivity index is 2.24. The maximum atomic E-state index is 11.9. The van der Waals surface area contributed by atoms with Crippen LogP contribution < -0.4 is 11.1 Å². The minimum Gasteiger partial charge on any atom is -0.368 e. The summed E-state index contributed by atoms with van der Waals surface area (Å²) in [6, 6.07) is -0.652. The van der Waals surface area contributed by atoms with Gasteiger partial charge in [-0.1, -0.05) is 20.3 Å². The number of amides is 4. The lowest BCUT2D eigenvalue weighted by Gasteiger charge is -2.19. The number of likely N-dealkylation sites (tertiary alicyclic amines) is 1. The molecule has 7 nitrogen and oxygen atoms in total. The van der Waals surface area contributed by atoms with Gasteiger partial charge in [0.05, 0.1) is 5.25 Å². The Morgan fingerprint density at radius 2 is 1.96 bits per heavy atom. The highest BCUT2D eigenvalue weighted by Gasteiger charge is 2.37. The standard InChI is InChI=1S/C16H27N3O4S/c1-10(2)14(15(17)22)18-12(20)7-5-4-6-8-19-13(21)9-11(24-3)16(19)23/h10-11,14H,4-9H2,1-3H3,(H2,17,22)(H,18,20). The van der Waals surface area contributed by atoms with E-state index in [0.29, 0.717) is 25.8 Å². The smallest absolute Gasteiger partial charge is 0.242 e. The van der Waals surface area contributed by atoms with Crippen molar-refractivity contribution in [3.8, 4) is 0 Å². The lowest BCUT2D eigenvalue weighted by molar-refractivity contribution is -0.138. The SMILES string of the molecule is CSC1CC(=O)N(CCCCCC(=O)NC(C(N)=O)C(C)C)C1=O. The molecule has 0 aromatic rings. The second-order valence-corrected chi connectivity index (χ2v) is 7.35. The molecule has 0 saturated carbocycles. The van der Waals surface area contributed by atoms with Crippen LogP contribution in [-0.2, 0) is 19.2 Å². The average molecular weight is 357 g/mol. The second-order valence-electron chi connectivity index (χ2n) is 6.31. The highest BCUT2D eigenvalue weighted by atomic mass is 32.2. The van der Waals surface area contributed by atoms with E-state index in [1.807, 2.05) is 20.1 Å². The fourth-order valence-corrected chi connectivity index (χ4v) is 3.25. The van der Waals surface area contributed by atoms with Crippen molar-refractivity contribution in [1.29, 1.82) is 0 Å². The van der Waals surface area contributed by atoms with Crippen LogP contribution in [0.25, 0.3) is 0 Å². The van der Waals surface area contributed by atoms with Gasteiger partial charge in [-0.2, -0.15) is 11.8 Å². The molecule has 1 rings (SSSR count). The van der Waals surface area contributed by atoms with Gasteiger partial charge in [0.25, 0.3) is 0 Å². The van der Waals surface area contributed by atoms with Crippen molar-refractivity contribution in [3.63, 3.8) is 0 Å². The molecular formula is C16H27N3O4S. The van der Waals surface area contributed by atoms with E-state index in [1.165, 1.54) is 16.7 Å². The molecule has 8 heteroatoms. The molecule has 1 fully saturated rings. The van der Waals surface area contributed by atoms with Gasteiger partial charge in [0, 0.05) is 19.4 Å². The van der Waals surface area contributed by atoms with E-state index in [4.69, 9.17) is 5.73 Å². The number of thioether (sulfide) groups is 1. The summed E-state index contributed by atoms with van der Waals surface area (Å²) in [5.41, 5.74) is 5.26. The summed E-state index contributed by atoms with van der Waals surface area (Å²) >= 11 is 1.40. The normalized spacial score (nSPS) is 19.0. The highest BCUT2D eigenvalue weighted by molar-refractivity contribution is 8.00. The summed E-state index contributed by atoms with van der Waals surface area (Å²) in [7, 11) is 0. The quantitative estimate of drug-likeness (QED) is 0.441. The number of hydrogen-bond donors (Lipinski definition) is 2. The van der Waals surface area contributed by atoms with Gasteiger partial charge < -0.3 is 11.1 Å². The second kappa shape index (κ2) is 9.66. The number of unbranched alkanes of at least 4 members (excludes halogenated alkanes) is 2. The average Bonchev–Trinajstić information content (AvgIpc) is 2.78. The highest BCUT2D eigenvalue weighted by Crippen LogP contribution is 2.23. The monoisotopic (exact) mass is 357 g/mol. The predicted octanol–water partition coefficient (Wildman–Crippen LogP) is 0.663. The topological polar surface area (TPSA) is 110 Å². The molecule has 2 unspecified atom stereocenters. The van der Waals surface area contributed by atoms with E-state index in [1.54, 1.807) is 0 Å². The Morgan fingerprint density at radius 3 is 2.46 bits per heavy atom. The van der Waals surface area contributed by atoms with Crippen LogP contribution in [0.1, 0.15) is 46.0 Å².